The maximum absolute atomic E-state index is 12.8. The van der Waals surface area contributed by atoms with Crippen LogP contribution in [0, 0.1) is 0 Å². The Morgan fingerprint density at radius 3 is 1.60 bits per heavy atom. The molecule has 0 spiro atoms. The highest BCUT2D eigenvalue weighted by Crippen LogP contribution is 2.22. The van der Waals surface area contributed by atoms with E-state index in [0.29, 0.717) is 13.0 Å². The Bertz CT molecular complexity index is 895. The van der Waals surface area contributed by atoms with Crippen molar-refractivity contribution in [1.29, 1.82) is 0 Å². The molecule has 0 radical (unpaired) electrons. The third kappa shape index (κ3) is 29.5. The van der Waals surface area contributed by atoms with Crippen LogP contribution in [0.2, 0.25) is 0 Å². The number of esters is 1. The Morgan fingerprint density at radius 1 is 0.582 bits per heavy atom. The Morgan fingerprint density at radius 2 is 1.05 bits per heavy atom. The van der Waals surface area contributed by atoms with E-state index in [1.54, 1.807) is 0 Å². The maximum atomic E-state index is 12.8. The summed E-state index contributed by atoms with van der Waals surface area (Å²) in [6, 6.07) is 0. The van der Waals surface area contributed by atoms with Gasteiger partial charge in [0.1, 0.15) is 30.5 Å². The molecule has 0 aromatic rings. The summed E-state index contributed by atoms with van der Waals surface area (Å²) >= 11 is 0. The van der Waals surface area contributed by atoms with Crippen molar-refractivity contribution in [1.82, 2.24) is 0 Å². The summed E-state index contributed by atoms with van der Waals surface area (Å²) in [7, 11) is 0. The van der Waals surface area contributed by atoms with Crippen LogP contribution in [0.25, 0.3) is 0 Å². The van der Waals surface area contributed by atoms with Crippen molar-refractivity contribution in [2.45, 2.75) is 237 Å². The smallest absolute Gasteiger partial charge is 0.306 e. The average Bonchev–Trinajstić information content (AvgIpc) is 3.18. The Hall–Kier alpha value is -1.33. The first kappa shape index (κ1) is 51.7. The average molecular weight is 783 g/mol. The second-order valence-corrected chi connectivity index (χ2v) is 15.9. The number of aliphatic hydroxyl groups excluding tert-OH is 4. The van der Waals surface area contributed by atoms with Crippen LogP contribution in [0.5, 0.6) is 0 Å². The van der Waals surface area contributed by atoms with E-state index in [4.69, 9.17) is 18.9 Å². The molecule has 55 heavy (non-hydrogen) atoms. The Balaban J connectivity index is 2.26. The summed E-state index contributed by atoms with van der Waals surface area (Å²) in [4.78, 5) is 12.8. The molecule has 0 amide bonds. The molecule has 1 aliphatic rings. The molecule has 1 heterocycles. The van der Waals surface area contributed by atoms with Crippen molar-refractivity contribution in [3.63, 3.8) is 0 Å². The second kappa shape index (κ2) is 38.2. The van der Waals surface area contributed by atoms with E-state index >= 15 is 0 Å². The van der Waals surface area contributed by atoms with Gasteiger partial charge in [0.25, 0.3) is 0 Å². The number of hydrogen-bond acceptors (Lipinski definition) is 9. The molecule has 6 unspecified atom stereocenters. The number of carbonyl (C=O) groups excluding carboxylic acids is 1. The summed E-state index contributed by atoms with van der Waals surface area (Å²) < 4.78 is 22.8. The molecular weight excluding hydrogens is 696 g/mol. The number of rotatable bonds is 39. The molecule has 9 heteroatoms. The molecular formula is C46H86O9. The molecule has 0 aromatic carbocycles. The normalized spacial score (nSPS) is 20.9. The lowest BCUT2D eigenvalue weighted by Gasteiger charge is -2.39. The van der Waals surface area contributed by atoms with Gasteiger partial charge in [0, 0.05) is 13.0 Å². The lowest BCUT2D eigenvalue weighted by atomic mass is 9.99. The first-order chi connectivity index (χ1) is 26.9. The highest BCUT2D eigenvalue weighted by molar-refractivity contribution is 5.69. The van der Waals surface area contributed by atoms with Gasteiger partial charge in [-0.15, -0.1) is 0 Å². The van der Waals surface area contributed by atoms with Crippen molar-refractivity contribution in [2.75, 3.05) is 26.4 Å². The zero-order chi connectivity index (χ0) is 40.0. The van der Waals surface area contributed by atoms with Crippen molar-refractivity contribution in [3.8, 4) is 0 Å². The number of unbranched alkanes of at least 4 members (excludes halogenated alkanes) is 24. The van der Waals surface area contributed by atoms with Gasteiger partial charge in [-0.2, -0.15) is 0 Å². The standard InChI is InChI=1S/C46H86O9/c1-3-5-7-9-11-13-15-17-19-20-22-24-26-28-30-32-34-36-52-38-40(39-53-46-45(51)44(50)43(49)41(37-47)55-46)54-42(48)35-33-31-29-27-25-23-21-18-16-14-12-10-8-6-4-2/h12,14,18,21,40-41,43-47,49-51H,3-11,13,15-17,19-20,22-39H2,1-2H3/b14-12-,21-18-. The number of hydrogen-bond donors (Lipinski definition) is 4. The number of aliphatic hydroxyl groups is 4. The van der Waals surface area contributed by atoms with Crippen molar-refractivity contribution < 1.29 is 44.2 Å². The van der Waals surface area contributed by atoms with Crippen LogP contribution in [0.3, 0.4) is 0 Å². The number of ether oxygens (including phenoxy) is 4. The minimum atomic E-state index is -1.54. The van der Waals surface area contributed by atoms with Gasteiger partial charge in [-0.05, 0) is 44.9 Å². The van der Waals surface area contributed by atoms with Crippen LogP contribution in [0.15, 0.2) is 24.3 Å². The largest absolute Gasteiger partial charge is 0.457 e. The Kier molecular flexibility index (Phi) is 35.9. The second-order valence-electron chi connectivity index (χ2n) is 15.9. The monoisotopic (exact) mass is 783 g/mol. The molecule has 4 N–H and O–H groups in total. The van der Waals surface area contributed by atoms with Crippen LogP contribution in [-0.4, -0.2) is 89.6 Å². The molecule has 0 aliphatic carbocycles. The van der Waals surface area contributed by atoms with Gasteiger partial charge in [0.05, 0.1) is 19.8 Å². The predicted octanol–water partition coefficient (Wildman–Crippen LogP) is 10.2. The predicted molar refractivity (Wildman–Crippen MR) is 224 cm³/mol. The molecule has 1 fully saturated rings. The van der Waals surface area contributed by atoms with Crippen LogP contribution in [0.4, 0.5) is 0 Å². The fourth-order valence-corrected chi connectivity index (χ4v) is 6.99. The molecule has 324 valence electrons. The molecule has 0 saturated carbocycles. The quantitative estimate of drug-likeness (QED) is 0.0273. The third-order valence-electron chi connectivity index (χ3n) is 10.6. The lowest BCUT2D eigenvalue weighted by molar-refractivity contribution is -0.305. The summed E-state index contributed by atoms with van der Waals surface area (Å²) in [5.41, 5.74) is 0. The van der Waals surface area contributed by atoms with Gasteiger partial charge in [-0.1, -0.05) is 173 Å². The minimum absolute atomic E-state index is 0.115. The summed E-state index contributed by atoms with van der Waals surface area (Å²) in [6.45, 7) is 4.54. The van der Waals surface area contributed by atoms with Gasteiger partial charge >= 0.3 is 5.97 Å². The fraction of sp³-hybridized carbons (Fsp3) is 0.891. The lowest BCUT2D eigenvalue weighted by Crippen LogP contribution is -2.59. The molecule has 6 atom stereocenters. The number of allylic oxidation sites excluding steroid dienone is 4. The molecule has 0 aromatic heterocycles. The van der Waals surface area contributed by atoms with Crippen LogP contribution >= 0.6 is 0 Å². The number of carbonyl (C=O) groups is 1. The molecule has 1 aliphatic heterocycles. The first-order valence-corrected chi connectivity index (χ1v) is 22.9. The van der Waals surface area contributed by atoms with Gasteiger partial charge < -0.3 is 39.4 Å². The SMILES string of the molecule is CCCCC/C=C\C/C=C\CCCCCCCC(=O)OC(COCCCCCCCCCCCCCCCCCCC)COC1OC(CO)C(O)C(O)C1O. The van der Waals surface area contributed by atoms with E-state index in [1.807, 2.05) is 0 Å². The Labute approximate surface area is 337 Å². The van der Waals surface area contributed by atoms with Gasteiger partial charge in [-0.25, -0.2) is 0 Å². The van der Waals surface area contributed by atoms with Crippen LogP contribution in [-0.2, 0) is 23.7 Å². The highest BCUT2D eigenvalue weighted by Gasteiger charge is 2.44. The fourth-order valence-electron chi connectivity index (χ4n) is 6.99. The maximum Gasteiger partial charge on any atom is 0.306 e. The third-order valence-corrected chi connectivity index (χ3v) is 10.6. The first-order valence-electron chi connectivity index (χ1n) is 22.9. The van der Waals surface area contributed by atoms with E-state index in [-0.39, 0.29) is 19.2 Å². The van der Waals surface area contributed by atoms with Gasteiger partial charge in [-0.3, -0.25) is 4.79 Å². The summed E-state index contributed by atoms with van der Waals surface area (Å²) in [5.74, 6) is -0.325. The topological polar surface area (TPSA) is 135 Å². The summed E-state index contributed by atoms with van der Waals surface area (Å²) in [5, 5.41) is 40.1. The van der Waals surface area contributed by atoms with E-state index < -0.39 is 43.4 Å². The molecule has 1 saturated heterocycles. The minimum Gasteiger partial charge on any atom is -0.457 e. The van der Waals surface area contributed by atoms with Gasteiger partial charge in [0.15, 0.2) is 6.29 Å². The van der Waals surface area contributed by atoms with Crippen molar-refractivity contribution in [2.24, 2.45) is 0 Å². The molecule has 1 rings (SSSR count). The molecule has 9 nitrogen and oxygen atoms in total. The molecule has 0 bridgehead atoms. The summed E-state index contributed by atoms with van der Waals surface area (Å²) in [6.07, 6.45) is 36.3. The van der Waals surface area contributed by atoms with Crippen LogP contribution in [0.1, 0.15) is 200 Å². The van der Waals surface area contributed by atoms with Crippen molar-refractivity contribution in [3.05, 3.63) is 24.3 Å². The zero-order valence-corrected chi connectivity index (χ0v) is 35.4. The van der Waals surface area contributed by atoms with E-state index in [0.717, 1.165) is 57.8 Å². The van der Waals surface area contributed by atoms with E-state index in [2.05, 4.69) is 38.2 Å². The van der Waals surface area contributed by atoms with Crippen molar-refractivity contribution >= 4 is 5.97 Å². The highest BCUT2D eigenvalue weighted by atomic mass is 16.7. The van der Waals surface area contributed by atoms with E-state index in [9.17, 15) is 25.2 Å². The zero-order valence-electron chi connectivity index (χ0n) is 35.4. The van der Waals surface area contributed by atoms with E-state index in [1.165, 1.54) is 122 Å². The van der Waals surface area contributed by atoms with Gasteiger partial charge in [0.2, 0.25) is 0 Å². The van der Waals surface area contributed by atoms with Crippen LogP contribution < -0.4 is 0 Å².